The number of hydrogen-bond donors (Lipinski definition) is 1. The van der Waals surface area contributed by atoms with Crippen molar-refractivity contribution in [2.45, 2.75) is 39.3 Å². The van der Waals surface area contributed by atoms with Gasteiger partial charge >= 0.3 is 0 Å². The number of hydrogen-bond acceptors (Lipinski definition) is 2. The SMILES string of the molecule is CCc1cc(C(N)Cc2ccc(I)cc2)n(CC)n1. The van der Waals surface area contributed by atoms with Gasteiger partial charge in [-0.2, -0.15) is 5.10 Å². The lowest BCUT2D eigenvalue weighted by molar-refractivity contribution is 0.565. The van der Waals surface area contributed by atoms with E-state index in [4.69, 9.17) is 5.73 Å². The van der Waals surface area contributed by atoms with Crippen LogP contribution in [0, 0.1) is 3.57 Å². The zero-order valence-corrected chi connectivity index (χ0v) is 13.6. The monoisotopic (exact) mass is 369 g/mol. The Balaban J connectivity index is 2.16. The Morgan fingerprint density at radius 3 is 2.53 bits per heavy atom. The molecule has 1 unspecified atom stereocenters. The van der Waals surface area contributed by atoms with Crippen molar-refractivity contribution >= 4 is 22.6 Å². The molecule has 1 aromatic carbocycles. The summed E-state index contributed by atoms with van der Waals surface area (Å²) in [6.45, 7) is 5.10. The van der Waals surface area contributed by atoms with E-state index in [0.717, 1.165) is 30.8 Å². The molecule has 0 fully saturated rings. The van der Waals surface area contributed by atoms with Crippen LogP contribution in [0.15, 0.2) is 30.3 Å². The number of benzene rings is 1. The highest BCUT2D eigenvalue weighted by molar-refractivity contribution is 14.1. The molecule has 0 aliphatic carbocycles. The summed E-state index contributed by atoms with van der Waals surface area (Å²) < 4.78 is 3.28. The molecular weight excluding hydrogens is 349 g/mol. The van der Waals surface area contributed by atoms with E-state index in [1.807, 2.05) is 4.68 Å². The number of nitrogens with two attached hydrogens (primary N) is 1. The first-order valence-corrected chi connectivity index (χ1v) is 7.78. The number of aryl methyl sites for hydroxylation is 2. The largest absolute Gasteiger partial charge is 0.322 e. The van der Waals surface area contributed by atoms with E-state index in [1.54, 1.807) is 0 Å². The minimum absolute atomic E-state index is 0.00723. The Morgan fingerprint density at radius 1 is 1.26 bits per heavy atom. The third-order valence-electron chi connectivity index (χ3n) is 3.27. The maximum atomic E-state index is 6.35. The first-order chi connectivity index (χ1) is 9.13. The molecule has 4 heteroatoms. The van der Waals surface area contributed by atoms with E-state index < -0.39 is 0 Å². The standard InChI is InChI=1S/C15H20IN3/c1-3-13-10-15(19(4-2)18-13)14(17)9-11-5-7-12(16)8-6-11/h5-8,10,14H,3-4,9,17H2,1-2H3. The second kappa shape index (κ2) is 6.52. The Kier molecular flexibility index (Phi) is 4.99. The van der Waals surface area contributed by atoms with Crippen molar-refractivity contribution in [1.29, 1.82) is 0 Å². The fourth-order valence-corrected chi connectivity index (χ4v) is 2.55. The topological polar surface area (TPSA) is 43.8 Å². The molecule has 0 radical (unpaired) electrons. The molecule has 0 aliphatic rings. The molecule has 1 aromatic heterocycles. The number of halogens is 1. The van der Waals surface area contributed by atoms with Gasteiger partial charge in [0, 0.05) is 10.1 Å². The van der Waals surface area contributed by atoms with Crippen LogP contribution in [-0.2, 0) is 19.4 Å². The van der Waals surface area contributed by atoms with Gasteiger partial charge in [0.25, 0.3) is 0 Å². The van der Waals surface area contributed by atoms with Crippen molar-refractivity contribution in [3.05, 3.63) is 50.9 Å². The van der Waals surface area contributed by atoms with Crippen LogP contribution in [0.1, 0.15) is 36.8 Å². The van der Waals surface area contributed by atoms with Crippen LogP contribution >= 0.6 is 22.6 Å². The van der Waals surface area contributed by atoms with Crippen molar-refractivity contribution in [2.24, 2.45) is 5.73 Å². The molecule has 2 N–H and O–H groups in total. The van der Waals surface area contributed by atoms with E-state index in [0.29, 0.717) is 0 Å². The van der Waals surface area contributed by atoms with Crippen LogP contribution in [0.3, 0.4) is 0 Å². The smallest absolute Gasteiger partial charge is 0.0625 e. The van der Waals surface area contributed by atoms with Crippen molar-refractivity contribution in [3.8, 4) is 0 Å². The summed E-state index contributed by atoms with van der Waals surface area (Å²) >= 11 is 2.32. The van der Waals surface area contributed by atoms with Crippen LogP contribution in [0.4, 0.5) is 0 Å². The predicted octanol–water partition coefficient (Wildman–Crippen LogP) is 3.31. The van der Waals surface area contributed by atoms with Crippen LogP contribution in [0.25, 0.3) is 0 Å². The lowest BCUT2D eigenvalue weighted by atomic mass is 10.0. The van der Waals surface area contributed by atoms with Crippen molar-refractivity contribution in [2.75, 3.05) is 0 Å². The molecule has 0 saturated carbocycles. The van der Waals surface area contributed by atoms with Crippen LogP contribution in [0.2, 0.25) is 0 Å². The van der Waals surface area contributed by atoms with E-state index in [-0.39, 0.29) is 6.04 Å². The maximum Gasteiger partial charge on any atom is 0.0625 e. The normalized spacial score (nSPS) is 12.6. The van der Waals surface area contributed by atoms with Gasteiger partial charge in [-0.15, -0.1) is 0 Å². The molecule has 102 valence electrons. The predicted molar refractivity (Wildman–Crippen MR) is 87.1 cm³/mol. The minimum Gasteiger partial charge on any atom is -0.322 e. The summed E-state index contributed by atoms with van der Waals surface area (Å²) in [6.07, 6.45) is 1.81. The first-order valence-electron chi connectivity index (χ1n) is 6.70. The Labute approximate surface area is 128 Å². The maximum absolute atomic E-state index is 6.35. The highest BCUT2D eigenvalue weighted by atomic mass is 127. The van der Waals surface area contributed by atoms with Gasteiger partial charge in [-0.25, -0.2) is 0 Å². The van der Waals surface area contributed by atoms with Crippen LogP contribution in [0.5, 0.6) is 0 Å². The Bertz CT molecular complexity index is 531. The lowest BCUT2D eigenvalue weighted by Gasteiger charge is -2.13. The van der Waals surface area contributed by atoms with E-state index in [2.05, 4.69) is 71.9 Å². The summed E-state index contributed by atoms with van der Waals surface area (Å²) in [5.74, 6) is 0. The van der Waals surface area contributed by atoms with Gasteiger partial charge < -0.3 is 5.73 Å². The molecule has 2 rings (SSSR count). The highest BCUT2D eigenvalue weighted by Gasteiger charge is 2.14. The van der Waals surface area contributed by atoms with Gasteiger partial charge in [0.15, 0.2) is 0 Å². The molecule has 19 heavy (non-hydrogen) atoms. The molecule has 0 amide bonds. The van der Waals surface area contributed by atoms with Crippen LogP contribution < -0.4 is 5.73 Å². The average Bonchev–Trinajstić information content (AvgIpc) is 2.85. The summed E-state index contributed by atoms with van der Waals surface area (Å²) in [5, 5.41) is 4.56. The van der Waals surface area contributed by atoms with Gasteiger partial charge in [0.1, 0.15) is 0 Å². The molecule has 0 aliphatic heterocycles. The zero-order chi connectivity index (χ0) is 13.8. The molecule has 0 saturated heterocycles. The lowest BCUT2D eigenvalue weighted by Crippen LogP contribution is -2.18. The third kappa shape index (κ3) is 3.57. The van der Waals surface area contributed by atoms with Crippen LogP contribution in [-0.4, -0.2) is 9.78 Å². The van der Waals surface area contributed by atoms with E-state index in [1.165, 1.54) is 9.13 Å². The zero-order valence-electron chi connectivity index (χ0n) is 11.4. The van der Waals surface area contributed by atoms with E-state index >= 15 is 0 Å². The van der Waals surface area contributed by atoms with Gasteiger partial charge in [0.2, 0.25) is 0 Å². The summed E-state index contributed by atoms with van der Waals surface area (Å²) in [5.41, 5.74) is 9.88. The summed E-state index contributed by atoms with van der Waals surface area (Å²) in [7, 11) is 0. The van der Waals surface area contributed by atoms with Crippen molar-refractivity contribution < 1.29 is 0 Å². The number of rotatable bonds is 5. The quantitative estimate of drug-likeness (QED) is 0.822. The molecule has 0 spiro atoms. The van der Waals surface area contributed by atoms with Gasteiger partial charge in [0.05, 0.1) is 17.4 Å². The summed E-state index contributed by atoms with van der Waals surface area (Å²) in [6, 6.07) is 10.7. The molecular formula is C15H20IN3. The fraction of sp³-hybridized carbons (Fsp3) is 0.400. The molecule has 0 bridgehead atoms. The average molecular weight is 369 g/mol. The van der Waals surface area contributed by atoms with Gasteiger partial charge in [-0.05, 0) is 66.1 Å². The van der Waals surface area contributed by atoms with Crippen molar-refractivity contribution in [3.63, 3.8) is 0 Å². The fourth-order valence-electron chi connectivity index (χ4n) is 2.19. The second-order valence-electron chi connectivity index (χ2n) is 4.67. The van der Waals surface area contributed by atoms with Gasteiger partial charge in [-0.1, -0.05) is 19.1 Å². The minimum atomic E-state index is 0.00723. The van der Waals surface area contributed by atoms with Crippen molar-refractivity contribution in [1.82, 2.24) is 9.78 Å². The van der Waals surface area contributed by atoms with Gasteiger partial charge in [-0.3, -0.25) is 4.68 Å². The Hall–Kier alpha value is -0.880. The number of nitrogens with zero attached hydrogens (tertiary/aromatic N) is 2. The molecule has 1 heterocycles. The molecule has 3 nitrogen and oxygen atoms in total. The second-order valence-corrected chi connectivity index (χ2v) is 5.91. The Morgan fingerprint density at radius 2 is 1.95 bits per heavy atom. The molecule has 2 aromatic rings. The summed E-state index contributed by atoms with van der Waals surface area (Å²) in [4.78, 5) is 0. The number of aromatic nitrogens is 2. The third-order valence-corrected chi connectivity index (χ3v) is 3.99. The first kappa shape index (κ1) is 14.5. The van der Waals surface area contributed by atoms with E-state index in [9.17, 15) is 0 Å². The highest BCUT2D eigenvalue weighted by Crippen LogP contribution is 2.18. The molecule has 1 atom stereocenters.